The van der Waals surface area contributed by atoms with Crippen LogP contribution in [0.4, 0.5) is 10.1 Å². The van der Waals surface area contributed by atoms with Crippen LogP contribution in [0.2, 0.25) is 0 Å². The van der Waals surface area contributed by atoms with Crippen LogP contribution in [0.15, 0.2) is 16.6 Å². The molecule has 0 radical (unpaired) electrons. The zero-order chi connectivity index (χ0) is 13.1. The largest absolute Gasteiger partial charge is 0.465 e. The summed E-state index contributed by atoms with van der Waals surface area (Å²) in [5.41, 5.74) is 0.335. The first-order valence-corrected chi connectivity index (χ1v) is 6.33. The van der Waals surface area contributed by atoms with Crippen molar-refractivity contribution in [1.82, 2.24) is 0 Å². The average molecular weight is 318 g/mol. The van der Waals surface area contributed by atoms with Crippen LogP contribution in [-0.4, -0.2) is 39.4 Å². The number of esters is 1. The van der Waals surface area contributed by atoms with E-state index in [-0.39, 0.29) is 5.56 Å². The Hall–Kier alpha value is -1.14. The predicted octanol–water partition coefficient (Wildman–Crippen LogP) is 2.21. The summed E-state index contributed by atoms with van der Waals surface area (Å²) in [7, 11) is 1.23. The van der Waals surface area contributed by atoms with Gasteiger partial charge in [0.25, 0.3) is 0 Å². The fourth-order valence-electron chi connectivity index (χ4n) is 1.87. The summed E-state index contributed by atoms with van der Waals surface area (Å²) in [5.74, 6) is -1.23. The van der Waals surface area contributed by atoms with E-state index in [9.17, 15) is 9.18 Å². The maximum absolute atomic E-state index is 14.3. The molecule has 0 aliphatic carbocycles. The van der Waals surface area contributed by atoms with Crippen molar-refractivity contribution >= 4 is 27.6 Å². The molecular formula is C12H13BrFNO3. The van der Waals surface area contributed by atoms with Gasteiger partial charge in [-0.3, -0.25) is 0 Å². The van der Waals surface area contributed by atoms with Gasteiger partial charge >= 0.3 is 5.97 Å². The summed E-state index contributed by atoms with van der Waals surface area (Å²) in [5, 5.41) is 0. The summed E-state index contributed by atoms with van der Waals surface area (Å²) in [6.45, 7) is 2.32. The molecule has 98 valence electrons. The third-order valence-electron chi connectivity index (χ3n) is 2.78. The number of benzene rings is 1. The van der Waals surface area contributed by atoms with E-state index in [2.05, 4.69) is 20.7 Å². The number of morpholine rings is 1. The van der Waals surface area contributed by atoms with Crippen LogP contribution in [0.1, 0.15) is 10.4 Å². The van der Waals surface area contributed by atoms with E-state index in [0.29, 0.717) is 36.5 Å². The third kappa shape index (κ3) is 2.64. The standard InChI is InChI=1S/C12H13BrFNO3/c1-17-12(16)9-6-8(13)7-10(11(9)14)15-2-4-18-5-3-15/h6-7H,2-5H2,1H3. The number of hydrogen-bond acceptors (Lipinski definition) is 4. The fourth-order valence-corrected chi connectivity index (χ4v) is 2.31. The highest BCUT2D eigenvalue weighted by atomic mass is 79.9. The molecule has 0 saturated carbocycles. The Balaban J connectivity index is 2.40. The Morgan fingerprint density at radius 1 is 1.44 bits per heavy atom. The molecule has 18 heavy (non-hydrogen) atoms. The number of rotatable bonds is 2. The van der Waals surface area contributed by atoms with Crippen molar-refractivity contribution < 1.29 is 18.7 Å². The van der Waals surface area contributed by atoms with Gasteiger partial charge in [0.2, 0.25) is 0 Å². The second-order valence-corrected chi connectivity index (χ2v) is 4.79. The van der Waals surface area contributed by atoms with Gasteiger partial charge < -0.3 is 14.4 Å². The number of nitrogens with zero attached hydrogens (tertiary/aromatic N) is 1. The van der Waals surface area contributed by atoms with E-state index in [0.717, 1.165) is 0 Å². The highest BCUT2D eigenvalue weighted by Gasteiger charge is 2.22. The Kier molecular flexibility index (Phi) is 4.19. The number of carbonyl (C=O) groups is 1. The van der Waals surface area contributed by atoms with Crippen LogP contribution >= 0.6 is 15.9 Å². The minimum Gasteiger partial charge on any atom is -0.465 e. The van der Waals surface area contributed by atoms with Crippen LogP contribution in [0, 0.1) is 5.82 Å². The highest BCUT2D eigenvalue weighted by molar-refractivity contribution is 9.10. The molecule has 1 fully saturated rings. The lowest BCUT2D eigenvalue weighted by atomic mass is 10.1. The van der Waals surface area contributed by atoms with Crippen LogP contribution in [0.3, 0.4) is 0 Å². The lowest BCUT2D eigenvalue weighted by molar-refractivity contribution is 0.0595. The first kappa shape index (κ1) is 13.3. The van der Waals surface area contributed by atoms with Crippen LogP contribution in [0.25, 0.3) is 0 Å². The summed E-state index contributed by atoms with van der Waals surface area (Å²) in [6, 6.07) is 3.08. The highest BCUT2D eigenvalue weighted by Crippen LogP contribution is 2.28. The van der Waals surface area contributed by atoms with Gasteiger partial charge in [-0.05, 0) is 12.1 Å². The monoisotopic (exact) mass is 317 g/mol. The molecule has 1 heterocycles. The van der Waals surface area contributed by atoms with E-state index < -0.39 is 11.8 Å². The molecule has 0 atom stereocenters. The van der Waals surface area contributed by atoms with E-state index in [1.165, 1.54) is 13.2 Å². The minimum absolute atomic E-state index is 0.0617. The van der Waals surface area contributed by atoms with Gasteiger partial charge in [0.05, 0.1) is 31.6 Å². The van der Waals surface area contributed by atoms with Gasteiger partial charge in [0.15, 0.2) is 5.82 Å². The maximum Gasteiger partial charge on any atom is 0.340 e. The maximum atomic E-state index is 14.3. The Morgan fingerprint density at radius 2 is 2.11 bits per heavy atom. The van der Waals surface area contributed by atoms with E-state index in [4.69, 9.17) is 4.74 Å². The van der Waals surface area contributed by atoms with Crippen molar-refractivity contribution in [2.45, 2.75) is 0 Å². The molecule has 0 bridgehead atoms. The summed E-state index contributed by atoms with van der Waals surface area (Å²) < 4.78 is 24.7. The van der Waals surface area contributed by atoms with Crippen molar-refractivity contribution in [3.05, 3.63) is 28.0 Å². The Bertz CT molecular complexity index is 461. The Morgan fingerprint density at radius 3 is 2.72 bits per heavy atom. The molecule has 2 rings (SSSR count). The molecule has 0 spiro atoms. The van der Waals surface area contributed by atoms with E-state index >= 15 is 0 Å². The van der Waals surface area contributed by atoms with Crippen LogP contribution in [0.5, 0.6) is 0 Å². The second-order valence-electron chi connectivity index (χ2n) is 3.88. The Labute approximate surface area is 113 Å². The number of carbonyl (C=O) groups excluding carboxylic acids is 1. The molecule has 4 nitrogen and oxygen atoms in total. The molecule has 1 aliphatic heterocycles. The van der Waals surface area contributed by atoms with Gasteiger partial charge in [0, 0.05) is 17.6 Å². The third-order valence-corrected chi connectivity index (χ3v) is 3.23. The van der Waals surface area contributed by atoms with Crippen LogP contribution < -0.4 is 4.90 Å². The lowest BCUT2D eigenvalue weighted by Crippen LogP contribution is -2.37. The summed E-state index contributed by atoms with van der Waals surface area (Å²) >= 11 is 3.28. The first-order chi connectivity index (χ1) is 8.63. The number of anilines is 1. The molecule has 1 saturated heterocycles. The van der Waals surface area contributed by atoms with Crippen molar-refractivity contribution in [3.8, 4) is 0 Å². The van der Waals surface area contributed by atoms with Crippen molar-refractivity contribution in [2.75, 3.05) is 38.3 Å². The van der Waals surface area contributed by atoms with Crippen LogP contribution in [-0.2, 0) is 9.47 Å². The molecule has 6 heteroatoms. The second kappa shape index (κ2) is 5.67. The average Bonchev–Trinajstić information content (AvgIpc) is 2.41. The number of methoxy groups -OCH3 is 1. The molecule has 1 aliphatic rings. The quantitative estimate of drug-likeness (QED) is 0.784. The topological polar surface area (TPSA) is 38.8 Å². The van der Waals surface area contributed by atoms with Gasteiger partial charge in [-0.2, -0.15) is 0 Å². The first-order valence-electron chi connectivity index (χ1n) is 5.53. The SMILES string of the molecule is COC(=O)c1cc(Br)cc(N2CCOCC2)c1F. The minimum atomic E-state index is -0.677. The molecule has 0 unspecified atom stereocenters. The van der Waals surface area contributed by atoms with Crippen molar-refractivity contribution in [1.29, 1.82) is 0 Å². The molecule has 0 N–H and O–H groups in total. The lowest BCUT2D eigenvalue weighted by Gasteiger charge is -2.29. The molecular weight excluding hydrogens is 305 g/mol. The molecule has 1 aromatic carbocycles. The summed E-state index contributed by atoms with van der Waals surface area (Å²) in [6.07, 6.45) is 0. The molecule has 0 amide bonds. The normalized spacial score (nSPS) is 15.6. The van der Waals surface area contributed by atoms with Gasteiger partial charge in [-0.25, -0.2) is 9.18 Å². The smallest absolute Gasteiger partial charge is 0.340 e. The predicted molar refractivity (Wildman–Crippen MR) is 68.5 cm³/mol. The van der Waals surface area contributed by atoms with Crippen molar-refractivity contribution in [2.24, 2.45) is 0 Å². The summed E-state index contributed by atoms with van der Waals surface area (Å²) in [4.78, 5) is 13.4. The zero-order valence-corrected chi connectivity index (χ0v) is 11.5. The molecule has 0 aromatic heterocycles. The zero-order valence-electron chi connectivity index (χ0n) is 9.91. The van der Waals surface area contributed by atoms with E-state index in [1.807, 2.05) is 4.90 Å². The van der Waals surface area contributed by atoms with E-state index in [1.54, 1.807) is 6.07 Å². The number of ether oxygens (including phenoxy) is 2. The number of hydrogen-bond donors (Lipinski definition) is 0. The number of halogens is 2. The van der Waals surface area contributed by atoms with Gasteiger partial charge in [-0.1, -0.05) is 15.9 Å². The van der Waals surface area contributed by atoms with Crippen molar-refractivity contribution in [3.63, 3.8) is 0 Å². The van der Waals surface area contributed by atoms with Gasteiger partial charge in [0.1, 0.15) is 0 Å². The molecule has 1 aromatic rings. The fraction of sp³-hybridized carbons (Fsp3) is 0.417. The van der Waals surface area contributed by atoms with Gasteiger partial charge in [-0.15, -0.1) is 0 Å².